The van der Waals surface area contributed by atoms with Crippen molar-refractivity contribution < 1.29 is 4.79 Å². The summed E-state index contributed by atoms with van der Waals surface area (Å²) in [6.07, 6.45) is 0. The molecule has 1 nitrogen and oxygen atoms in total. The third-order valence-electron chi connectivity index (χ3n) is 1.35. The van der Waals surface area contributed by atoms with Gasteiger partial charge in [0.25, 0.3) is 0 Å². The van der Waals surface area contributed by atoms with Crippen LogP contribution in [0, 0.1) is 6.92 Å². The third kappa shape index (κ3) is 2.07. The van der Waals surface area contributed by atoms with Crippen molar-refractivity contribution in [2.75, 3.05) is 0 Å². The Bertz CT molecular complexity index is 296. The molecule has 0 unspecified atom stereocenters. The first-order chi connectivity index (χ1) is 5.11. The highest BCUT2D eigenvalue weighted by Crippen LogP contribution is 2.19. The summed E-state index contributed by atoms with van der Waals surface area (Å²) in [6.45, 7) is 1.97. The molecule has 0 atom stereocenters. The number of carbonyl (C=O) groups is 1. The zero-order valence-corrected chi connectivity index (χ0v) is 8.45. The van der Waals surface area contributed by atoms with E-state index in [0.717, 1.165) is 10.0 Å². The zero-order chi connectivity index (χ0) is 8.43. The second-order valence-corrected chi connectivity index (χ2v) is 3.55. The van der Waals surface area contributed by atoms with E-state index in [-0.39, 0.29) is 5.12 Å². The molecule has 0 aliphatic heterocycles. The van der Waals surface area contributed by atoms with E-state index in [1.807, 2.05) is 19.1 Å². The smallest absolute Gasteiger partial charge is 0.217 e. The summed E-state index contributed by atoms with van der Waals surface area (Å²) in [5, 5.41) is -0.211. The first-order valence-electron chi connectivity index (χ1n) is 3.10. The van der Waals surface area contributed by atoms with Crippen LogP contribution in [0.2, 0.25) is 0 Å². The first-order valence-corrected chi connectivity index (χ1v) is 4.34. The molecule has 58 valence electrons. The standard InChI is InChI=1S/C8H7BrOS/c1-5-2-3-6(8(10)11)7(9)4-5/h2-4H,1H3,(H,10,11). The lowest BCUT2D eigenvalue weighted by Gasteiger charge is -1.99. The molecule has 0 fully saturated rings. The predicted octanol–water partition coefficient (Wildman–Crippen LogP) is 2.83. The number of halogens is 1. The molecule has 0 radical (unpaired) electrons. The summed E-state index contributed by atoms with van der Waals surface area (Å²) in [7, 11) is 0. The Hall–Kier alpha value is -0.280. The molecule has 1 aromatic carbocycles. The van der Waals surface area contributed by atoms with Crippen molar-refractivity contribution >= 4 is 33.7 Å². The van der Waals surface area contributed by atoms with Crippen LogP contribution in [0.5, 0.6) is 0 Å². The number of rotatable bonds is 1. The van der Waals surface area contributed by atoms with Crippen LogP contribution < -0.4 is 0 Å². The molecule has 0 aliphatic rings. The summed E-state index contributed by atoms with van der Waals surface area (Å²) in [5.41, 5.74) is 1.73. The molecule has 0 saturated carbocycles. The van der Waals surface area contributed by atoms with Crippen molar-refractivity contribution in [1.29, 1.82) is 0 Å². The van der Waals surface area contributed by atoms with Crippen LogP contribution in [0.15, 0.2) is 22.7 Å². The summed E-state index contributed by atoms with van der Waals surface area (Å²) in [4.78, 5) is 10.8. The van der Waals surface area contributed by atoms with Gasteiger partial charge in [-0.25, -0.2) is 0 Å². The van der Waals surface area contributed by atoms with Gasteiger partial charge in [0.15, 0.2) is 0 Å². The normalized spacial score (nSPS) is 9.73. The molecule has 0 heterocycles. The van der Waals surface area contributed by atoms with E-state index in [1.54, 1.807) is 6.07 Å². The van der Waals surface area contributed by atoms with Gasteiger partial charge < -0.3 is 0 Å². The summed E-state index contributed by atoms with van der Waals surface area (Å²) >= 11 is 7.00. The maximum absolute atomic E-state index is 10.8. The van der Waals surface area contributed by atoms with E-state index >= 15 is 0 Å². The number of carbonyl (C=O) groups excluding carboxylic acids is 1. The lowest BCUT2D eigenvalue weighted by Crippen LogP contribution is -1.90. The molecular weight excluding hydrogens is 224 g/mol. The quantitative estimate of drug-likeness (QED) is 0.735. The fraction of sp³-hybridized carbons (Fsp3) is 0.125. The Kier molecular flexibility index (Phi) is 2.73. The molecule has 11 heavy (non-hydrogen) atoms. The number of aryl methyl sites for hydroxylation is 1. The van der Waals surface area contributed by atoms with Crippen LogP contribution in [-0.2, 0) is 0 Å². The fourth-order valence-corrected chi connectivity index (χ4v) is 1.82. The number of benzene rings is 1. The van der Waals surface area contributed by atoms with Gasteiger partial charge >= 0.3 is 0 Å². The minimum atomic E-state index is -0.211. The van der Waals surface area contributed by atoms with Crippen molar-refractivity contribution in [3.8, 4) is 0 Å². The highest BCUT2D eigenvalue weighted by Gasteiger charge is 2.04. The molecule has 0 spiro atoms. The Morgan fingerprint density at radius 2 is 2.18 bits per heavy atom. The van der Waals surface area contributed by atoms with E-state index in [0.29, 0.717) is 5.56 Å². The van der Waals surface area contributed by atoms with Crippen molar-refractivity contribution in [2.24, 2.45) is 0 Å². The molecule has 0 aromatic heterocycles. The van der Waals surface area contributed by atoms with E-state index in [9.17, 15) is 4.79 Å². The van der Waals surface area contributed by atoms with E-state index in [4.69, 9.17) is 0 Å². The molecule has 1 rings (SSSR count). The van der Waals surface area contributed by atoms with Gasteiger partial charge in [0.1, 0.15) is 0 Å². The van der Waals surface area contributed by atoms with Crippen LogP contribution in [0.3, 0.4) is 0 Å². The molecule has 0 bridgehead atoms. The third-order valence-corrected chi connectivity index (χ3v) is 2.25. The van der Waals surface area contributed by atoms with Crippen LogP contribution in [-0.4, -0.2) is 5.12 Å². The second-order valence-electron chi connectivity index (χ2n) is 2.29. The van der Waals surface area contributed by atoms with Gasteiger partial charge in [-0.05, 0) is 24.6 Å². The SMILES string of the molecule is Cc1ccc(C(=O)S)c(Br)c1. The van der Waals surface area contributed by atoms with Crippen LogP contribution in [0.1, 0.15) is 15.9 Å². The zero-order valence-electron chi connectivity index (χ0n) is 5.97. The fourth-order valence-electron chi connectivity index (χ4n) is 0.794. The van der Waals surface area contributed by atoms with Gasteiger partial charge in [0.05, 0.1) is 0 Å². The van der Waals surface area contributed by atoms with Gasteiger partial charge in [-0.2, -0.15) is 0 Å². The summed E-state index contributed by atoms with van der Waals surface area (Å²) < 4.78 is 0.803. The predicted molar refractivity (Wildman–Crippen MR) is 52.2 cm³/mol. The monoisotopic (exact) mass is 230 g/mol. The maximum atomic E-state index is 10.8. The van der Waals surface area contributed by atoms with Crippen molar-refractivity contribution in [2.45, 2.75) is 6.92 Å². The largest absolute Gasteiger partial charge is 0.282 e. The summed E-state index contributed by atoms with van der Waals surface area (Å²) in [6, 6.07) is 5.53. The Morgan fingerprint density at radius 3 is 2.64 bits per heavy atom. The average molecular weight is 231 g/mol. The maximum Gasteiger partial charge on any atom is 0.217 e. The topological polar surface area (TPSA) is 17.1 Å². The molecule has 3 heteroatoms. The van der Waals surface area contributed by atoms with Gasteiger partial charge in [0, 0.05) is 10.0 Å². The van der Waals surface area contributed by atoms with Crippen molar-refractivity contribution in [1.82, 2.24) is 0 Å². The Balaban J connectivity index is 3.20. The van der Waals surface area contributed by atoms with Gasteiger partial charge in [-0.1, -0.05) is 22.0 Å². The number of hydrogen-bond donors (Lipinski definition) is 1. The molecule has 0 amide bonds. The molecule has 1 aromatic rings. The highest BCUT2D eigenvalue weighted by atomic mass is 79.9. The number of hydrogen-bond acceptors (Lipinski definition) is 1. The first kappa shape index (κ1) is 8.81. The van der Waals surface area contributed by atoms with Crippen molar-refractivity contribution in [3.63, 3.8) is 0 Å². The molecule has 0 N–H and O–H groups in total. The van der Waals surface area contributed by atoms with Gasteiger partial charge in [0.2, 0.25) is 5.12 Å². The minimum Gasteiger partial charge on any atom is -0.282 e. The number of thiol groups is 1. The van der Waals surface area contributed by atoms with E-state index < -0.39 is 0 Å². The highest BCUT2D eigenvalue weighted by molar-refractivity contribution is 9.10. The lowest BCUT2D eigenvalue weighted by molar-refractivity contribution is 0.109. The lowest BCUT2D eigenvalue weighted by atomic mass is 10.2. The Morgan fingerprint density at radius 1 is 1.55 bits per heavy atom. The van der Waals surface area contributed by atoms with Crippen LogP contribution in [0.4, 0.5) is 0 Å². The molecule has 0 aliphatic carbocycles. The van der Waals surface area contributed by atoms with Crippen molar-refractivity contribution in [3.05, 3.63) is 33.8 Å². The van der Waals surface area contributed by atoms with E-state index in [1.165, 1.54) is 0 Å². The van der Waals surface area contributed by atoms with Gasteiger partial charge in [-0.3, -0.25) is 4.79 Å². The minimum absolute atomic E-state index is 0.211. The van der Waals surface area contributed by atoms with Crippen LogP contribution >= 0.6 is 28.6 Å². The van der Waals surface area contributed by atoms with Gasteiger partial charge in [-0.15, -0.1) is 12.6 Å². The molecule has 0 saturated heterocycles. The van der Waals surface area contributed by atoms with Crippen LogP contribution in [0.25, 0.3) is 0 Å². The second kappa shape index (κ2) is 3.41. The average Bonchev–Trinajstić information content (AvgIpc) is 1.85. The van der Waals surface area contributed by atoms with E-state index in [2.05, 4.69) is 28.6 Å². The Labute approximate surface area is 79.3 Å². The molecular formula is C8H7BrOS. The summed E-state index contributed by atoms with van der Waals surface area (Å²) in [5.74, 6) is 0.